The van der Waals surface area contributed by atoms with Crippen LogP contribution in [-0.4, -0.2) is 23.9 Å². The number of rotatable bonds is 7. The van der Waals surface area contributed by atoms with Crippen molar-refractivity contribution in [2.75, 3.05) is 16.6 Å². The van der Waals surface area contributed by atoms with Crippen LogP contribution in [-0.2, 0) is 20.0 Å². The van der Waals surface area contributed by atoms with Gasteiger partial charge in [0.25, 0.3) is 20.0 Å². The van der Waals surface area contributed by atoms with Crippen molar-refractivity contribution < 1.29 is 21.6 Å². The van der Waals surface area contributed by atoms with Crippen LogP contribution >= 0.6 is 23.2 Å². The second-order valence-corrected chi connectivity index (χ2v) is 10.2. The van der Waals surface area contributed by atoms with Crippen molar-refractivity contribution in [2.45, 2.75) is 9.79 Å². The number of benzene rings is 3. The van der Waals surface area contributed by atoms with Gasteiger partial charge in [-0.2, -0.15) is 0 Å². The SMILES string of the molecule is COc1ccccc1NS(=O)(=O)c1cc(NS(=O)(=O)c2cccc(Cl)c2)ccc1Cl. The summed E-state index contributed by atoms with van der Waals surface area (Å²) in [6, 6.07) is 15.9. The molecule has 7 nitrogen and oxygen atoms in total. The van der Waals surface area contributed by atoms with Crippen molar-refractivity contribution in [3.63, 3.8) is 0 Å². The smallest absolute Gasteiger partial charge is 0.263 e. The van der Waals surface area contributed by atoms with Gasteiger partial charge in [-0.3, -0.25) is 9.44 Å². The molecule has 0 aromatic heterocycles. The molecule has 158 valence electrons. The van der Waals surface area contributed by atoms with E-state index in [1.807, 2.05) is 0 Å². The number of hydrogen-bond donors (Lipinski definition) is 2. The van der Waals surface area contributed by atoms with Crippen LogP contribution in [0.3, 0.4) is 0 Å². The zero-order valence-electron chi connectivity index (χ0n) is 15.5. The fourth-order valence-corrected chi connectivity index (χ4v) is 5.50. The Kier molecular flexibility index (Phi) is 6.47. The number of anilines is 2. The predicted octanol–water partition coefficient (Wildman–Crippen LogP) is 4.60. The van der Waals surface area contributed by atoms with Crippen molar-refractivity contribution in [3.8, 4) is 5.75 Å². The summed E-state index contributed by atoms with van der Waals surface area (Å²) >= 11 is 11.9. The first kappa shape index (κ1) is 22.2. The quantitative estimate of drug-likeness (QED) is 0.507. The van der Waals surface area contributed by atoms with Gasteiger partial charge < -0.3 is 4.74 Å². The van der Waals surface area contributed by atoms with Gasteiger partial charge in [0.2, 0.25) is 0 Å². The molecule has 0 heterocycles. The van der Waals surface area contributed by atoms with Crippen LogP contribution in [0, 0.1) is 0 Å². The maximum atomic E-state index is 12.9. The molecule has 3 rings (SSSR count). The summed E-state index contributed by atoms with van der Waals surface area (Å²) in [5.41, 5.74) is 0.223. The van der Waals surface area contributed by atoms with Crippen molar-refractivity contribution in [3.05, 3.63) is 76.8 Å². The third-order valence-corrected chi connectivity index (χ3v) is 7.39. The standard InChI is InChI=1S/C19H16Cl2N2O5S2/c1-28-18-8-3-2-7-17(18)23-30(26,27)19-12-14(9-10-16(19)21)22-29(24,25)15-6-4-5-13(20)11-15/h2-12,22-23H,1H3. The molecule has 30 heavy (non-hydrogen) atoms. The summed E-state index contributed by atoms with van der Waals surface area (Å²) in [5, 5.41) is 0.168. The Morgan fingerprint density at radius 2 is 1.53 bits per heavy atom. The van der Waals surface area contributed by atoms with E-state index in [1.54, 1.807) is 18.2 Å². The van der Waals surface area contributed by atoms with Crippen LogP contribution in [0.15, 0.2) is 76.5 Å². The Bertz CT molecular complexity index is 1300. The normalized spacial score (nSPS) is 11.7. The third kappa shape index (κ3) is 4.99. The highest BCUT2D eigenvalue weighted by Gasteiger charge is 2.22. The Balaban J connectivity index is 1.95. The lowest BCUT2D eigenvalue weighted by Gasteiger charge is -2.14. The van der Waals surface area contributed by atoms with Gasteiger partial charge in [-0.25, -0.2) is 16.8 Å². The van der Waals surface area contributed by atoms with Gasteiger partial charge >= 0.3 is 0 Å². The fourth-order valence-electron chi connectivity index (χ4n) is 2.55. The topological polar surface area (TPSA) is 102 Å². The summed E-state index contributed by atoms with van der Waals surface area (Å²) in [6.07, 6.45) is 0. The summed E-state index contributed by atoms with van der Waals surface area (Å²) in [5.74, 6) is 0.315. The van der Waals surface area contributed by atoms with Crippen molar-refractivity contribution in [1.82, 2.24) is 0 Å². The molecule has 0 unspecified atom stereocenters. The van der Waals surface area contributed by atoms with Gasteiger partial charge in [0, 0.05) is 5.02 Å². The number of para-hydroxylation sites is 2. The molecule has 0 spiro atoms. The highest BCUT2D eigenvalue weighted by molar-refractivity contribution is 7.93. The van der Waals surface area contributed by atoms with Gasteiger partial charge in [-0.05, 0) is 48.5 Å². The number of halogens is 2. The van der Waals surface area contributed by atoms with E-state index in [2.05, 4.69) is 9.44 Å². The lowest BCUT2D eigenvalue weighted by Crippen LogP contribution is -2.16. The molecule has 0 bridgehead atoms. The second kappa shape index (κ2) is 8.73. The van der Waals surface area contributed by atoms with E-state index in [0.717, 1.165) is 6.07 Å². The Labute approximate surface area is 184 Å². The monoisotopic (exact) mass is 486 g/mol. The molecule has 0 amide bonds. The van der Waals surface area contributed by atoms with Crippen molar-refractivity contribution in [2.24, 2.45) is 0 Å². The Morgan fingerprint density at radius 1 is 0.800 bits per heavy atom. The number of ether oxygens (including phenoxy) is 1. The second-order valence-electron chi connectivity index (χ2n) is 6.01. The summed E-state index contributed by atoms with van der Waals surface area (Å²) in [6.45, 7) is 0. The minimum atomic E-state index is -4.14. The maximum Gasteiger partial charge on any atom is 0.263 e. The van der Waals surface area contributed by atoms with E-state index in [0.29, 0.717) is 5.75 Å². The molecule has 0 saturated heterocycles. The molecule has 0 aliphatic rings. The van der Waals surface area contributed by atoms with Crippen LogP contribution in [0.1, 0.15) is 0 Å². The molecule has 0 aliphatic carbocycles. The molecule has 2 N–H and O–H groups in total. The van der Waals surface area contributed by atoms with Crippen molar-refractivity contribution >= 4 is 54.6 Å². The van der Waals surface area contributed by atoms with Gasteiger partial charge in [0.05, 0.1) is 28.4 Å². The fraction of sp³-hybridized carbons (Fsp3) is 0.0526. The first-order valence-electron chi connectivity index (χ1n) is 8.36. The predicted molar refractivity (Wildman–Crippen MR) is 118 cm³/mol. The molecule has 0 aliphatic heterocycles. The molecular weight excluding hydrogens is 471 g/mol. The van der Waals surface area contributed by atoms with E-state index in [9.17, 15) is 16.8 Å². The summed E-state index contributed by atoms with van der Waals surface area (Å²) in [4.78, 5) is -0.372. The zero-order valence-corrected chi connectivity index (χ0v) is 18.6. The molecule has 0 saturated carbocycles. The summed E-state index contributed by atoms with van der Waals surface area (Å²) in [7, 11) is -6.73. The summed E-state index contributed by atoms with van der Waals surface area (Å²) < 4.78 is 60.8. The number of nitrogens with one attached hydrogen (secondary N) is 2. The van der Waals surface area contributed by atoms with E-state index < -0.39 is 20.0 Å². The molecule has 0 atom stereocenters. The largest absolute Gasteiger partial charge is 0.495 e. The van der Waals surface area contributed by atoms with Crippen molar-refractivity contribution in [1.29, 1.82) is 0 Å². The highest BCUT2D eigenvalue weighted by Crippen LogP contribution is 2.31. The molecule has 11 heteroatoms. The molecule has 0 fully saturated rings. The average Bonchev–Trinajstić information content (AvgIpc) is 2.69. The minimum absolute atomic E-state index is 0.0137. The lowest BCUT2D eigenvalue weighted by molar-refractivity contribution is 0.417. The zero-order chi connectivity index (χ0) is 21.9. The van der Waals surface area contributed by atoms with Gasteiger partial charge in [-0.15, -0.1) is 0 Å². The van der Waals surface area contributed by atoms with E-state index in [-0.39, 0.29) is 31.2 Å². The number of methoxy groups -OCH3 is 1. The van der Waals surface area contributed by atoms with E-state index >= 15 is 0 Å². The molecular formula is C19H16Cl2N2O5S2. The molecule has 3 aromatic carbocycles. The third-order valence-electron chi connectivity index (χ3n) is 3.93. The maximum absolute atomic E-state index is 12.9. The van der Waals surface area contributed by atoms with Gasteiger partial charge in [0.15, 0.2) is 0 Å². The van der Waals surface area contributed by atoms with Gasteiger partial charge in [-0.1, -0.05) is 41.4 Å². The molecule has 3 aromatic rings. The van der Waals surface area contributed by atoms with Crippen LogP contribution in [0.5, 0.6) is 5.75 Å². The minimum Gasteiger partial charge on any atom is -0.495 e. The van der Waals surface area contributed by atoms with E-state index in [1.165, 1.54) is 49.6 Å². The first-order chi connectivity index (χ1) is 14.1. The highest BCUT2D eigenvalue weighted by atomic mass is 35.5. The lowest BCUT2D eigenvalue weighted by atomic mass is 10.3. The Morgan fingerprint density at radius 3 is 2.23 bits per heavy atom. The van der Waals surface area contributed by atoms with Crippen LogP contribution in [0.25, 0.3) is 0 Å². The number of hydrogen-bond acceptors (Lipinski definition) is 5. The van der Waals surface area contributed by atoms with Crippen LogP contribution < -0.4 is 14.2 Å². The average molecular weight is 487 g/mol. The molecule has 0 radical (unpaired) electrons. The Hall–Kier alpha value is -2.46. The number of sulfonamides is 2. The van der Waals surface area contributed by atoms with Crippen LogP contribution in [0.4, 0.5) is 11.4 Å². The first-order valence-corrected chi connectivity index (χ1v) is 12.1. The van der Waals surface area contributed by atoms with Gasteiger partial charge in [0.1, 0.15) is 10.6 Å². The van der Waals surface area contributed by atoms with Crippen LogP contribution in [0.2, 0.25) is 10.0 Å². The van der Waals surface area contributed by atoms with E-state index in [4.69, 9.17) is 27.9 Å².